The SMILES string of the molecule is CCCCCCCCC(c1ccc(-c2cc(F)c(F)c(F)c2F)cc1)C(OC)(OC)OC. The Morgan fingerprint density at radius 1 is 0.750 bits per heavy atom. The Kier molecular flexibility index (Phi) is 10.1. The molecule has 0 aromatic heterocycles. The van der Waals surface area contributed by atoms with Crippen LogP contribution in [0.15, 0.2) is 30.3 Å². The maximum absolute atomic E-state index is 14.2. The smallest absolute Gasteiger partial charge is 0.289 e. The zero-order valence-corrected chi connectivity index (χ0v) is 19.2. The van der Waals surface area contributed by atoms with Crippen molar-refractivity contribution in [3.8, 4) is 11.1 Å². The fourth-order valence-corrected chi connectivity index (χ4v) is 4.03. The number of halogens is 4. The van der Waals surface area contributed by atoms with E-state index in [1.165, 1.54) is 52.7 Å². The molecule has 0 spiro atoms. The molecule has 0 heterocycles. The second-order valence-corrected chi connectivity index (χ2v) is 7.79. The van der Waals surface area contributed by atoms with E-state index in [-0.39, 0.29) is 17.0 Å². The molecule has 0 aliphatic rings. The van der Waals surface area contributed by atoms with E-state index in [4.69, 9.17) is 14.2 Å². The molecule has 0 radical (unpaired) electrons. The van der Waals surface area contributed by atoms with Gasteiger partial charge in [-0.2, -0.15) is 0 Å². The normalized spacial score (nSPS) is 12.9. The minimum Gasteiger partial charge on any atom is -0.330 e. The highest BCUT2D eigenvalue weighted by Gasteiger charge is 2.40. The fourth-order valence-electron chi connectivity index (χ4n) is 4.03. The van der Waals surface area contributed by atoms with Crippen molar-refractivity contribution in [2.75, 3.05) is 21.3 Å². The third kappa shape index (κ3) is 5.88. The molecule has 0 saturated heterocycles. The monoisotopic (exact) mass is 456 g/mol. The summed E-state index contributed by atoms with van der Waals surface area (Å²) in [5, 5.41) is 0. The highest BCUT2D eigenvalue weighted by atomic mass is 19.2. The molecule has 0 N–H and O–H groups in total. The minimum atomic E-state index is -1.83. The summed E-state index contributed by atoms with van der Waals surface area (Å²) in [6.45, 7) is 2.17. The predicted molar refractivity (Wildman–Crippen MR) is 116 cm³/mol. The van der Waals surface area contributed by atoms with Crippen LogP contribution in [0.25, 0.3) is 11.1 Å². The quantitative estimate of drug-likeness (QED) is 0.104. The average Bonchev–Trinajstić information content (AvgIpc) is 2.82. The van der Waals surface area contributed by atoms with Crippen LogP contribution in [0, 0.1) is 23.3 Å². The molecular weight excluding hydrogens is 424 g/mol. The molecule has 2 aromatic carbocycles. The number of methoxy groups -OCH3 is 3. The lowest BCUT2D eigenvalue weighted by Gasteiger charge is -2.36. The van der Waals surface area contributed by atoms with E-state index >= 15 is 0 Å². The lowest BCUT2D eigenvalue weighted by Crippen LogP contribution is -2.42. The van der Waals surface area contributed by atoms with Crippen molar-refractivity contribution in [1.29, 1.82) is 0 Å². The summed E-state index contributed by atoms with van der Waals surface area (Å²) in [4.78, 5) is 0. The zero-order valence-electron chi connectivity index (χ0n) is 19.2. The number of unbranched alkanes of at least 4 members (excludes halogenated alkanes) is 5. The molecule has 0 aliphatic heterocycles. The van der Waals surface area contributed by atoms with Crippen LogP contribution in [-0.2, 0) is 14.2 Å². The molecule has 178 valence electrons. The molecule has 0 fully saturated rings. The van der Waals surface area contributed by atoms with E-state index in [0.717, 1.165) is 31.2 Å². The molecule has 0 aliphatic carbocycles. The summed E-state index contributed by atoms with van der Waals surface area (Å²) in [7, 11) is 4.49. The van der Waals surface area contributed by atoms with E-state index in [1.807, 2.05) is 0 Å². The first kappa shape index (κ1) is 26.3. The summed E-state index contributed by atoms with van der Waals surface area (Å²) < 4.78 is 71.5. The molecule has 7 heteroatoms. The molecule has 2 rings (SSSR count). The first-order valence-corrected chi connectivity index (χ1v) is 10.9. The molecule has 0 bridgehead atoms. The Morgan fingerprint density at radius 3 is 1.88 bits per heavy atom. The van der Waals surface area contributed by atoms with Gasteiger partial charge in [-0.05, 0) is 23.6 Å². The van der Waals surface area contributed by atoms with Crippen molar-refractivity contribution >= 4 is 0 Å². The van der Waals surface area contributed by atoms with Crippen LogP contribution in [0.5, 0.6) is 0 Å². The van der Waals surface area contributed by atoms with Gasteiger partial charge in [0.25, 0.3) is 5.97 Å². The lowest BCUT2D eigenvalue weighted by molar-refractivity contribution is -0.365. The molecule has 2 aromatic rings. The van der Waals surface area contributed by atoms with Crippen molar-refractivity contribution in [1.82, 2.24) is 0 Å². The van der Waals surface area contributed by atoms with E-state index in [0.29, 0.717) is 6.07 Å². The number of hydrogen-bond donors (Lipinski definition) is 0. The lowest BCUT2D eigenvalue weighted by atomic mass is 9.89. The predicted octanol–water partition coefficient (Wildman–Crippen LogP) is 7.34. The van der Waals surface area contributed by atoms with Gasteiger partial charge in [-0.15, -0.1) is 0 Å². The summed E-state index contributed by atoms with van der Waals surface area (Å²) in [6, 6.07) is 7.14. The number of benzene rings is 2. The Hall–Kier alpha value is -1.96. The van der Waals surface area contributed by atoms with E-state index < -0.39 is 29.2 Å². The summed E-state index contributed by atoms with van der Waals surface area (Å²) >= 11 is 0. The van der Waals surface area contributed by atoms with Crippen LogP contribution >= 0.6 is 0 Å². The van der Waals surface area contributed by atoms with Crippen molar-refractivity contribution in [2.24, 2.45) is 0 Å². The second kappa shape index (κ2) is 12.3. The van der Waals surface area contributed by atoms with Crippen molar-refractivity contribution < 1.29 is 31.8 Å². The van der Waals surface area contributed by atoms with E-state index in [1.54, 1.807) is 12.1 Å². The van der Waals surface area contributed by atoms with Crippen molar-refractivity contribution in [3.05, 3.63) is 59.2 Å². The van der Waals surface area contributed by atoms with E-state index in [9.17, 15) is 17.6 Å². The maximum Gasteiger partial charge on any atom is 0.289 e. The van der Waals surface area contributed by atoms with Crippen molar-refractivity contribution in [2.45, 2.75) is 63.8 Å². The number of ether oxygens (including phenoxy) is 3. The van der Waals surface area contributed by atoms with Gasteiger partial charge in [0.2, 0.25) is 0 Å². The third-order valence-corrected chi connectivity index (χ3v) is 5.85. The topological polar surface area (TPSA) is 27.7 Å². The van der Waals surface area contributed by atoms with Gasteiger partial charge in [0, 0.05) is 26.9 Å². The molecule has 0 saturated carbocycles. The Bertz CT molecular complexity index is 843. The van der Waals surface area contributed by atoms with Gasteiger partial charge in [0.15, 0.2) is 23.3 Å². The van der Waals surface area contributed by atoms with Crippen LogP contribution in [0.3, 0.4) is 0 Å². The van der Waals surface area contributed by atoms with Crippen LogP contribution in [-0.4, -0.2) is 27.3 Å². The van der Waals surface area contributed by atoms with Gasteiger partial charge in [0.1, 0.15) is 0 Å². The molecule has 0 amide bonds. The van der Waals surface area contributed by atoms with Gasteiger partial charge >= 0.3 is 0 Å². The van der Waals surface area contributed by atoms with Gasteiger partial charge in [-0.25, -0.2) is 17.6 Å². The Labute approximate surface area is 187 Å². The largest absolute Gasteiger partial charge is 0.330 e. The molecular formula is C25H32F4O3. The maximum atomic E-state index is 14.2. The average molecular weight is 457 g/mol. The Morgan fingerprint density at radius 2 is 1.31 bits per heavy atom. The molecule has 3 nitrogen and oxygen atoms in total. The third-order valence-electron chi connectivity index (χ3n) is 5.85. The minimum absolute atomic E-state index is 0.222. The first-order valence-electron chi connectivity index (χ1n) is 10.9. The van der Waals surface area contributed by atoms with Gasteiger partial charge in [0.05, 0.1) is 5.92 Å². The molecule has 1 unspecified atom stereocenters. The summed E-state index contributed by atoms with van der Waals surface area (Å²) in [6.07, 6.45) is 7.42. The summed E-state index contributed by atoms with van der Waals surface area (Å²) in [5.41, 5.74) is 0.674. The highest BCUT2D eigenvalue weighted by Crippen LogP contribution is 2.38. The number of hydrogen-bond acceptors (Lipinski definition) is 3. The summed E-state index contributed by atoms with van der Waals surface area (Å²) in [5.74, 6) is -8.14. The van der Waals surface area contributed by atoms with Crippen LogP contribution in [0.1, 0.15) is 63.4 Å². The van der Waals surface area contributed by atoms with Crippen molar-refractivity contribution in [3.63, 3.8) is 0 Å². The fraction of sp³-hybridized carbons (Fsp3) is 0.520. The first-order chi connectivity index (χ1) is 15.3. The highest BCUT2D eigenvalue weighted by molar-refractivity contribution is 5.65. The van der Waals surface area contributed by atoms with Crippen LogP contribution in [0.4, 0.5) is 17.6 Å². The van der Waals surface area contributed by atoms with Crippen LogP contribution < -0.4 is 0 Å². The zero-order chi connectivity index (χ0) is 23.7. The second-order valence-electron chi connectivity index (χ2n) is 7.79. The molecule has 32 heavy (non-hydrogen) atoms. The molecule has 1 atom stereocenters. The number of rotatable bonds is 13. The van der Waals surface area contributed by atoms with Gasteiger partial charge in [-0.1, -0.05) is 69.7 Å². The van der Waals surface area contributed by atoms with Crippen LogP contribution in [0.2, 0.25) is 0 Å². The van der Waals surface area contributed by atoms with Gasteiger partial charge in [-0.3, -0.25) is 0 Å². The van der Waals surface area contributed by atoms with E-state index in [2.05, 4.69) is 6.92 Å². The van der Waals surface area contributed by atoms with Gasteiger partial charge < -0.3 is 14.2 Å². The Balaban J connectivity index is 2.30. The standard InChI is InChI=1S/C25H32F4O3/c1-5-6-7-8-9-10-11-20(25(30-2,31-3)32-4)18-14-12-17(13-15-18)19-16-21(26)23(28)24(29)22(19)27/h12-16,20H,5-11H2,1-4H3.